The predicted octanol–water partition coefficient (Wildman–Crippen LogP) is 3.59. The predicted molar refractivity (Wildman–Crippen MR) is 49.7 cm³/mol. The first-order valence-electron chi connectivity index (χ1n) is 4.36. The number of rotatable bonds is 2. The molecule has 0 aliphatic carbocycles. The van der Waals surface area contributed by atoms with Crippen LogP contribution < -0.4 is 0 Å². The molecule has 0 aromatic heterocycles. The van der Waals surface area contributed by atoms with Crippen molar-refractivity contribution in [2.24, 2.45) is 5.92 Å². The lowest BCUT2D eigenvalue weighted by Gasteiger charge is -2.15. The van der Waals surface area contributed by atoms with E-state index in [-0.39, 0.29) is 5.82 Å². The summed E-state index contributed by atoms with van der Waals surface area (Å²) in [6, 6.07) is 6.77. The molecule has 0 spiro atoms. The van der Waals surface area contributed by atoms with E-state index in [4.69, 9.17) is 0 Å². The van der Waals surface area contributed by atoms with E-state index < -0.39 is 0 Å². The van der Waals surface area contributed by atoms with Crippen LogP contribution in [-0.4, -0.2) is 0 Å². The molecule has 0 nitrogen and oxygen atoms in total. The van der Waals surface area contributed by atoms with Crippen molar-refractivity contribution in [2.75, 3.05) is 0 Å². The van der Waals surface area contributed by atoms with E-state index in [1.54, 1.807) is 0 Å². The van der Waals surface area contributed by atoms with E-state index in [1.807, 2.05) is 12.1 Å². The van der Waals surface area contributed by atoms with E-state index >= 15 is 0 Å². The Labute approximate surface area is 73.4 Å². The van der Waals surface area contributed by atoms with Gasteiger partial charge in [0.2, 0.25) is 0 Å². The van der Waals surface area contributed by atoms with Crippen molar-refractivity contribution in [3.8, 4) is 0 Å². The second-order valence-electron chi connectivity index (χ2n) is 3.58. The molecule has 1 heteroatoms. The van der Waals surface area contributed by atoms with Crippen LogP contribution in [-0.2, 0) is 0 Å². The third-order valence-electron chi connectivity index (χ3n) is 2.40. The second-order valence-corrected chi connectivity index (χ2v) is 3.58. The zero-order chi connectivity index (χ0) is 9.14. The van der Waals surface area contributed by atoms with Crippen LogP contribution in [0, 0.1) is 11.7 Å². The fraction of sp³-hybridized carbons (Fsp3) is 0.455. The van der Waals surface area contributed by atoms with E-state index in [1.165, 1.54) is 17.7 Å². The standard InChI is InChI=1S/C11H15F/c1-8(2)9(3)10-4-6-11(12)7-5-10/h4-9H,1-3H3. The zero-order valence-electron chi connectivity index (χ0n) is 7.84. The summed E-state index contributed by atoms with van der Waals surface area (Å²) in [5, 5.41) is 0. The SMILES string of the molecule is CC(C)C(C)c1ccc(F)cc1. The molecule has 0 N–H and O–H groups in total. The first kappa shape index (κ1) is 9.24. The molecule has 0 radical (unpaired) electrons. The maximum Gasteiger partial charge on any atom is 0.123 e. The monoisotopic (exact) mass is 166 g/mol. The highest BCUT2D eigenvalue weighted by Gasteiger charge is 2.08. The van der Waals surface area contributed by atoms with Gasteiger partial charge in [-0.25, -0.2) is 4.39 Å². The van der Waals surface area contributed by atoms with Gasteiger partial charge < -0.3 is 0 Å². The van der Waals surface area contributed by atoms with E-state index in [0.717, 1.165) is 0 Å². The summed E-state index contributed by atoms with van der Waals surface area (Å²) in [6.45, 7) is 6.51. The molecule has 0 aliphatic heterocycles. The Morgan fingerprint density at radius 3 is 1.92 bits per heavy atom. The zero-order valence-corrected chi connectivity index (χ0v) is 7.84. The summed E-state index contributed by atoms with van der Waals surface area (Å²) in [5.41, 5.74) is 1.21. The Morgan fingerprint density at radius 2 is 1.50 bits per heavy atom. The van der Waals surface area contributed by atoms with Gasteiger partial charge in [-0.15, -0.1) is 0 Å². The van der Waals surface area contributed by atoms with Crippen molar-refractivity contribution in [1.29, 1.82) is 0 Å². The van der Waals surface area contributed by atoms with Crippen molar-refractivity contribution in [2.45, 2.75) is 26.7 Å². The maximum atomic E-state index is 12.6. The first-order valence-corrected chi connectivity index (χ1v) is 4.36. The third kappa shape index (κ3) is 2.07. The fourth-order valence-electron chi connectivity index (χ4n) is 1.15. The molecular formula is C11H15F. The van der Waals surface area contributed by atoms with Gasteiger partial charge >= 0.3 is 0 Å². The van der Waals surface area contributed by atoms with Crippen LogP contribution >= 0.6 is 0 Å². The molecule has 0 aliphatic rings. The van der Waals surface area contributed by atoms with Crippen LogP contribution in [0.3, 0.4) is 0 Å². The minimum absolute atomic E-state index is 0.158. The highest BCUT2D eigenvalue weighted by atomic mass is 19.1. The van der Waals surface area contributed by atoms with Crippen LogP contribution in [0.5, 0.6) is 0 Å². The van der Waals surface area contributed by atoms with E-state index in [2.05, 4.69) is 20.8 Å². The van der Waals surface area contributed by atoms with Crippen LogP contribution in [0.4, 0.5) is 4.39 Å². The largest absolute Gasteiger partial charge is 0.207 e. The summed E-state index contributed by atoms with van der Waals surface area (Å²) >= 11 is 0. The molecule has 0 saturated carbocycles. The Bertz CT molecular complexity index is 236. The fourth-order valence-corrected chi connectivity index (χ4v) is 1.15. The summed E-state index contributed by atoms with van der Waals surface area (Å²) in [7, 11) is 0. The summed E-state index contributed by atoms with van der Waals surface area (Å²) in [6.07, 6.45) is 0. The lowest BCUT2D eigenvalue weighted by molar-refractivity contribution is 0.533. The lowest BCUT2D eigenvalue weighted by Crippen LogP contribution is -2.01. The Hall–Kier alpha value is -0.850. The molecule has 0 amide bonds. The normalized spacial score (nSPS) is 13.4. The van der Waals surface area contributed by atoms with E-state index in [9.17, 15) is 4.39 Å². The van der Waals surface area contributed by atoms with Gasteiger partial charge in [-0.3, -0.25) is 0 Å². The van der Waals surface area contributed by atoms with E-state index in [0.29, 0.717) is 11.8 Å². The smallest absolute Gasteiger partial charge is 0.123 e. The summed E-state index contributed by atoms with van der Waals surface area (Å²) in [5.74, 6) is 0.954. The summed E-state index contributed by atoms with van der Waals surface area (Å²) < 4.78 is 12.6. The molecular weight excluding hydrogens is 151 g/mol. The third-order valence-corrected chi connectivity index (χ3v) is 2.40. The van der Waals surface area contributed by atoms with Gasteiger partial charge in [-0.1, -0.05) is 32.9 Å². The van der Waals surface area contributed by atoms with Crippen molar-refractivity contribution >= 4 is 0 Å². The van der Waals surface area contributed by atoms with Gasteiger partial charge in [-0.05, 0) is 29.5 Å². The molecule has 1 unspecified atom stereocenters. The van der Waals surface area contributed by atoms with Gasteiger partial charge in [0.15, 0.2) is 0 Å². The Morgan fingerprint density at radius 1 is 1.00 bits per heavy atom. The number of hydrogen-bond acceptors (Lipinski definition) is 0. The number of halogens is 1. The first-order chi connectivity index (χ1) is 5.61. The second kappa shape index (κ2) is 3.70. The topological polar surface area (TPSA) is 0 Å². The molecule has 1 atom stereocenters. The van der Waals surface area contributed by atoms with Gasteiger partial charge in [0.1, 0.15) is 5.82 Å². The highest BCUT2D eigenvalue weighted by Crippen LogP contribution is 2.23. The lowest BCUT2D eigenvalue weighted by atomic mass is 9.90. The van der Waals surface area contributed by atoms with Crippen molar-refractivity contribution in [3.63, 3.8) is 0 Å². The van der Waals surface area contributed by atoms with Gasteiger partial charge in [0.25, 0.3) is 0 Å². The Kier molecular flexibility index (Phi) is 2.85. The molecule has 12 heavy (non-hydrogen) atoms. The van der Waals surface area contributed by atoms with Crippen molar-refractivity contribution in [1.82, 2.24) is 0 Å². The summed E-state index contributed by atoms with van der Waals surface area (Å²) in [4.78, 5) is 0. The van der Waals surface area contributed by atoms with Gasteiger partial charge in [0.05, 0.1) is 0 Å². The number of hydrogen-bond donors (Lipinski definition) is 0. The maximum absolute atomic E-state index is 12.6. The van der Waals surface area contributed by atoms with Crippen LogP contribution in [0.15, 0.2) is 24.3 Å². The molecule has 0 fully saturated rings. The van der Waals surface area contributed by atoms with Crippen molar-refractivity contribution < 1.29 is 4.39 Å². The van der Waals surface area contributed by atoms with Gasteiger partial charge in [-0.2, -0.15) is 0 Å². The Balaban J connectivity index is 2.82. The average molecular weight is 166 g/mol. The number of benzene rings is 1. The minimum Gasteiger partial charge on any atom is -0.207 e. The molecule has 0 heterocycles. The molecule has 1 aromatic carbocycles. The van der Waals surface area contributed by atoms with Crippen molar-refractivity contribution in [3.05, 3.63) is 35.6 Å². The van der Waals surface area contributed by atoms with Gasteiger partial charge in [0, 0.05) is 0 Å². The molecule has 1 aromatic rings. The highest BCUT2D eigenvalue weighted by molar-refractivity contribution is 5.20. The molecule has 0 bridgehead atoms. The van der Waals surface area contributed by atoms with Crippen LogP contribution in [0.2, 0.25) is 0 Å². The molecule has 1 rings (SSSR count). The molecule has 66 valence electrons. The van der Waals surface area contributed by atoms with Crippen LogP contribution in [0.1, 0.15) is 32.3 Å². The minimum atomic E-state index is -0.158. The average Bonchev–Trinajstić information content (AvgIpc) is 2.04. The molecule has 0 saturated heterocycles. The van der Waals surface area contributed by atoms with Crippen LogP contribution in [0.25, 0.3) is 0 Å². The quantitative estimate of drug-likeness (QED) is 0.630.